The number of aryl methyl sites for hydroxylation is 2. The van der Waals surface area contributed by atoms with Gasteiger partial charge in [-0.05, 0) is 73.9 Å². The Morgan fingerprint density at radius 2 is 0.714 bits per heavy atom. The van der Waals surface area contributed by atoms with E-state index < -0.39 is 30.7 Å². The van der Waals surface area contributed by atoms with Crippen LogP contribution in [0.3, 0.4) is 0 Å². The van der Waals surface area contributed by atoms with Gasteiger partial charge in [0.1, 0.15) is 0 Å². The zero-order chi connectivity index (χ0) is 40.5. The van der Waals surface area contributed by atoms with E-state index in [4.69, 9.17) is 29.0 Å². The first-order valence-electron chi connectivity index (χ1n) is 22.2. The van der Waals surface area contributed by atoms with Crippen LogP contribution < -0.4 is 0 Å². The van der Waals surface area contributed by atoms with Gasteiger partial charge in [-0.25, -0.2) is 14.4 Å². The molecule has 0 aliphatic rings. The second-order valence-electron chi connectivity index (χ2n) is 15.1. The minimum absolute atomic E-state index is 0.305. The van der Waals surface area contributed by atoms with Crippen LogP contribution in [0.4, 0.5) is 4.79 Å². The fourth-order valence-electron chi connectivity index (χ4n) is 6.45. The predicted octanol–water partition coefficient (Wildman–Crippen LogP) is 13.9. The van der Waals surface area contributed by atoms with E-state index in [1.165, 1.54) is 77.0 Å². The molecule has 0 radical (unpaired) electrons. The number of rotatable bonds is 34. The largest absolute Gasteiger partial charge is 0.513 e. The SMILES string of the molecule is CCCCCCCCCC(OOC(=O)c1ccc(CCCCCC)cc1)OC(=O)OC(CCCCCCCCC)OOC(=O)c1ccc(CCCCCC)cc1. The first-order valence-corrected chi connectivity index (χ1v) is 22.2. The van der Waals surface area contributed by atoms with Gasteiger partial charge in [0.25, 0.3) is 0 Å². The minimum Gasteiger partial charge on any atom is -0.400 e. The first kappa shape index (κ1) is 48.7. The maximum atomic E-state index is 13.2. The summed E-state index contributed by atoms with van der Waals surface area (Å²) >= 11 is 0. The number of carbonyl (C=O) groups is 3. The average Bonchev–Trinajstić information content (AvgIpc) is 3.21. The van der Waals surface area contributed by atoms with Crippen LogP contribution in [-0.4, -0.2) is 30.7 Å². The van der Waals surface area contributed by atoms with Gasteiger partial charge in [0, 0.05) is 12.8 Å². The summed E-state index contributed by atoms with van der Waals surface area (Å²) < 4.78 is 11.1. The highest BCUT2D eigenvalue weighted by atomic mass is 17.2. The van der Waals surface area contributed by atoms with Gasteiger partial charge in [-0.1, -0.05) is 168 Å². The van der Waals surface area contributed by atoms with Crippen molar-refractivity contribution in [3.05, 3.63) is 70.8 Å². The van der Waals surface area contributed by atoms with Crippen LogP contribution in [0, 0.1) is 0 Å². The smallest absolute Gasteiger partial charge is 0.400 e. The summed E-state index contributed by atoms with van der Waals surface area (Å²) in [7, 11) is 0. The standard InChI is InChI=1S/C47H74O9/c1-5-9-13-17-19-21-25-29-43(53-55-45(48)41-35-31-39(32-36-41)27-23-15-11-7-3)51-47(50)52-44(30-26-22-20-18-14-10-6-2)54-56-46(49)42-37-33-40(34-38-42)28-24-16-12-8-4/h31-38,43-44H,5-30H2,1-4H3. The topological polar surface area (TPSA) is 107 Å². The van der Waals surface area contributed by atoms with Gasteiger partial charge in [0.15, 0.2) is 0 Å². The number of unbranched alkanes of at least 4 members (excludes halogenated alkanes) is 18. The van der Waals surface area contributed by atoms with E-state index in [1.807, 2.05) is 24.3 Å². The highest BCUT2D eigenvalue weighted by molar-refractivity contribution is 5.89. The summed E-state index contributed by atoms with van der Waals surface area (Å²) in [6.07, 6.45) is 23.1. The van der Waals surface area contributed by atoms with Crippen molar-refractivity contribution in [3.8, 4) is 0 Å². The Balaban J connectivity index is 2.01. The van der Waals surface area contributed by atoms with E-state index in [-0.39, 0.29) is 0 Å². The molecule has 0 saturated heterocycles. The number of carbonyl (C=O) groups excluding carboxylic acids is 3. The molecule has 2 rings (SSSR count). The van der Waals surface area contributed by atoms with E-state index in [0.717, 1.165) is 75.3 Å². The van der Waals surface area contributed by atoms with Gasteiger partial charge in [0.05, 0.1) is 11.1 Å². The molecule has 2 aromatic rings. The predicted molar refractivity (Wildman–Crippen MR) is 222 cm³/mol. The Bertz CT molecular complexity index is 1180. The number of hydrogen-bond acceptors (Lipinski definition) is 9. The number of ether oxygens (including phenoxy) is 2. The lowest BCUT2D eigenvalue weighted by molar-refractivity contribution is -0.348. The normalized spacial score (nSPS) is 12.2. The van der Waals surface area contributed by atoms with Crippen LogP contribution in [0.2, 0.25) is 0 Å². The molecule has 9 heteroatoms. The molecule has 0 heterocycles. The molecule has 56 heavy (non-hydrogen) atoms. The third kappa shape index (κ3) is 23.6. The summed E-state index contributed by atoms with van der Waals surface area (Å²) in [5, 5.41) is 0. The zero-order valence-electron chi connectivity index (χ0n) is 35.3. The molecule has 316 valence electrons. The van der Waals surface area contributed by atoms with Gasteiger partial charge in [-0.2, -0.15) is 0 Å². The molecule has 2 atom stereocenters. The maximum absolute atomic E-state index is 13.2. The molecule has 0 spiro atoms. The van der Waals surface area contributed by atoms with Gasteiger partial charge in [-0.3, -0.25) is 9.78 Å². The monoisotopic (exact) mass is 783 g/mol. The van der Waals surface area contributed by atoms with Gasteiger partial charge in [0.2, 0.25) is 12.6 Å². The second-order valence-corrected chi connectivity index (χ2v) is 15.1. The Hall–Kier alpha value is -3.43. The summed E-state index contributed by atoms with van der Waals surface area (Å²) in [5.41, 5.74) is 3.00. The molecule has 0 amide bonds. The summed E-state index contributed by atoms with van der Waals surface area (Å²) in [5.74, 6) is -1.36. The molecule has 0 bridgehead atoms. The number of hydrogen-bond donors (Lipinski definition) is 0. The fourth-order valence-corrected chi connectivity index (χ4v) is 6.45. The second kappa shape index (κ2) is 32.6. The summed E-state index contributed by atoms with van der Waals surface area (Å²) in [6.45, 7) is 8.75. The van der Waals surface area contributed by atoms with Crippen molar-refractivity contribution in [2.75, 3.05) is 0 Å². The summed E-state index contributed by atoms with van der Waals surface area (Å²) in [4.78, 5) is 60.1. The molecule has 2 unspecified atom stereocenters. The Morgan fingerprint density at radius 1 is 0.411 bits per heavy atom. The van der Waals surface area contributed by atoms with Crippen molar-refractivity contribution in [1.82, 2.24) is 0 Å². The summed E-state index contributed by atoms with van der Waals surface area (Å²) in [6, 6.07) is 14.6. The van der Waals surface area contributed by atoms with E-state index >= 15 is 0 Å². The van der Waals surface area contributed by atoms with E-state index in [0.29, 0.717) is 36.8 Å². The highest BCUT2D eigenvalue weighted by Gasteiger charge is 2.25. The van der Waals surface area contributed by atoms with Crippen molar-refractivity contribution in [2.24, 2.45) is 0 Å². The third-order valence-electron chi connectivity index (χ3n) is 10.0. The molecule has 0 fully saturated rings. The van der Waals surface area contributed by atoms with Gasteiger partial charge < -0.3 is 9.47 Å². The van der Waals surface area contributed by atoms with Crippen LogP contribution in [-0.2, 0) is 41.9 Å². The molecular weight excluding hydrogens is 709 g/mol. The Kier molecular flexibility index (Phi) is 28.4. The van der Waals surface area contributed by atoms with Crippen molar-refractivity contribution >= 4 is 18.1 Å². The Labute approximate surface area is 338 Å². The Morgan fingerprint density at radius 3 is 1.05 bits per heavy atom. The number of benzene rings is 2. The van der Waals surface area contributed by atoms with Crippen LogP contribution in [0.25, 0.3) is 0 Å². The van der Waals surface area contributed by atoms with Gasteiger partial charge in [-0.15, -0.1) is 9.78 Å². The van der Waals surface area contributed by atoms with Crippen LogP contribution in [0.1, 0.15) is 214 Å². The zero-order valence-corrected chi connectivity index (χ0v) is 35.3. The van der Waals surface area contributed by atoms with Crippen LogP contribution >= 0.6 is 0 Å². The van der Waals surface area contributed by atoms with Crippen molar-refractivity contribution < 1.29 is 43.4 Å². The third-order valence-corrected chi connectivity index (χ3v) is 10.0. The van der Waals surface area contributed by atoms with E-state index in [2.05, 4.69) is 27.7 Å². The van der Waals surface area contributed by atoms with E-state index in [9.17, 15) is 14.4 Å². The van der Waals surface area contributed by atoms with Crippen molar-refractivity contribution in [2.45, 2.75) is 207 Å². The lowest BCUT2D eigenvalue weighted by Crippen LogP contribution is -2.28. The average molecular weight is 783 g/mol. The molecule has 9 nitrogen and oxygen atoms in total. The lowest BCUT2D eigenvalue weighted by Gasteiger charge is -2.20. The minimum atomic E-state index is -1.19. The van der Waals surface area contributed by atoms with Crippen molar-refractivity contribution in [3.63, 3.8) is 0 Å². The molecule has 0 aliphatic heterocycles. The van der Waals surface area contributed by atoms with Gasteiger partial charge >= 0.3 is 18.1 Å². The first-order chi connectivity index (χ1) is 27.4. The maximum Gasteiger partial charge on any atom is 0.513 e. The molecule has 2 aromatic carbocycles. The highest BCUT2D eigenvalue weighted by Crippen LogP contribution is 2.19. The molecule has 0 aromatic heterocycles. The molecule has 0 N–H and O–H groups in total. The van der Waals surface area contributed by atoms with E-state index in [1.54, 1.807) is 24.3 Å². The quantitative estimate of drug-likeness (QED) is 0.0225. The molecule has 0 saturated carbocycles. The lowest BCUT2D eigenvalue weighted by atomic mass is 10.0. The van der Waals surface area contributed by atoms with Crippen LogP contribution in [0.15, 0.2) is 48.5 Å². The fraction of sp³-hybridized carbons (Fsp3) is 0.681. The molecule has 0 aliphatic carbocycles. The van der Waals surface area contributed by atoms with Crippen LogP contribution in [0.5, 0.6) is 0 Å². The van der Waals surface area contributed by atoms with Crippen molar-refractivity contribution in [1.29, 1.82) is 0 Å². The molecular formula is C47H74O9.